The van der Waals surface area contributed by atoms with E-state index in [1.807, 2.05) is 6.92 Å². The number of carbonyl (C=O) groups is 1. The van der Waals surface area contributed by atoms with Gasteiger partial charge in [-0.25, -0.2) is 9.37 Å². The van der Waals surface area contributed by atoms with Crippen LogP contribution in [0.3, 0.4) is 0 Å². The van der Waals surface area contributed by atoms with Gasteiger partial charge in [-0.05, 0) is 36.8 Å². The predicted molar refractivity (Wildman–Crippen MR) is 82.5 cm³/mol. The number of halogens is 2. The van der Waals surface area contributed by atoms with E-state index in [-0.39, 0.29) is 10.7 Å². The Labute approximate surface area is 127 Å². The van der Waals surface area contributed by atoms with Gasteiger partial charge in [0.25, 0.3) is 5.91 Å². The second kappa shape index (κ2) is 6.54. The van der Waals surface area contributed by atoms with Crippen LogP contribution >= 0.6 is 11.6 Å². The molecule has 2 N–H and O–H groups in total. The standard InChI is InChI=1S/C15H15ClFN3O/c1-3-11-6-9(7-14(18-2)19-11)15(21)20-13-5-4-10(16)8-12(13)17/h4-8H,3H2,1-2H3,(H,18,19)(H,20,21). The van der Waals surface area contributed by atoms with Crippen molar-refractivity contribution in [3.8, 4) is 0 Å². The quantitative estimate of drug-likeness (QED) is 0.905. The summed E-state index contributed by atoms with van der Waals surface area (Å²) < 4.78 is 13.7. The van der Waals surface area contributed by atoms with E-state index in [9.17, 15) is 9.18 Å². The largest absolute Gasteiger partial charge is 0.373 e. The maximum absolute atomic E-state index is 13.7. The van der Waals surface area contributed by atoms with Crippen molar-refractivity contribution in [1.29, 1.82) is 0 Å². The van der Waals surface area contributed by atoms with Gasteiger partial charge in [0.1, 0.15) is 11.6 Å². The highest BCUT2D eigenvalue weighted by Gasteiger charge is 2.12. The van der Waals surface area contributed by atoms with E-state index in [1.165, 1.54) is 12.1 Å². The Kier molecular flexibility index (Phi) is 4.75. The number of pyridine rings is 1. The molecule has 21 heavy (non-hydrogen) atoms. The van der Waals surface area contributed by atoms with Crippen molar-refractivity contribution in [2.24, 2.45) is 0 Å². The zero-order valence-electron chi connectivity index (χ0n) is 11.7. The van der Waals surface area contributed by atoms with Crippen LogP contribution in [0, 0.1) is 5.82 Å². The van der Waals surface area contributed by atoms with Crippen molar-refractivity contribution in [3.05, 3.63) is 52.4 Å². The topological polar surface area (TPSA) is 54.0 Å². The van der Waals surface area contributed by atoms with Crippen molar-refractivity contribution in [2.75, 3.05) is 17.7 Å². The van der Waals surface area contributed by atoms with Crippen LogP contribution in [0.2, 0.25) is 5.02 Å². The molecule has 1 heterocycles. The van der Waals surface area contributed by atoms with Gasteiger partial charge in [-0.3, -0.25) is 4.79 Å². The lowest BCUT2D eigenvalue weighted by Crippen LogP contribution is -2.14. The summed E-state index contributed by atoms with van der Waals surface area (Å²) in [7, 11) is 1.72. The molecule has 6 heteroatoms. The number of hydrogen-bond donors (Lipinski definition) is 2. The van der Waals surface area contributed by atoms with Gasteiger partial charge in [0.05, 0.1) is 5.69 Å². The fourth-order valence-electron chi connectivity index (χ4n) is 1.81. The third-order valence-corrected chi connectivity index (χ3v) is 3.17. The van der Waals surface area contributed by atoms with Crippen LogP contribution in [0.15, 0.2) is 30.3 Å². The Morgan fingerprint density at radius 3 is 2.71 bits per heavy atom. The number of amides is 1. The monoisotopic (exact) mass is 307 g/mol. The number of aryl methyl sites for hydroxylation is 1. The third-order valence-electron chi connectivity index (χ3n) is 2.94. The first-order valence-corrected chi connectivity index (χ1v) is 6.86. The van der Waals surface area contributed by atoms with E-state index in [4.69, 9.17) is 11.6 Å². The molecule has 0 aliphatic carbocycles. The number of carbonyl (C=O) groups excluding carboxylic acids is 1. The molecule has 0 saturated heterocycles. The lowest BCUT2D eigenvalue weighted by molar-refractivity contribution is 0.102. The van der Waals surface area contributed by atoms with Gasteiger partial charge < -0.3 is 10.6 Å². The zero-order valence-corrected chi connectivity index (χ0v) is 12.5. The highest BCUT2D eigenvalue weighted by Crippen LogP contribution is 2.20. The average molecular weight is 308 g/mol. The predicted octanol–water partition coefficient (Wildman–Crippen LogP) is 3.73. The molecule has 0 aliphatic rings. The fourth-order valence-corrected chi connectivity index (χ4v) is 1.97. The first-order valence-electron chi connectivity index (χ1n) is 6.48. The Morgan fingerprint density at radius 1 is 1.33 bits per heavy atom. The summed E-state index contributed by atoms with van der Waals surface area (Å²) in [5.41, 5.74) is 1.29. The summed E-state index contributed by atoms with van der Waals surface area (Å²) in [5.74, 6) is -0.379. The van der Waals surface area contributed by atoms with E-state index in [0.717, 1.165) is 11.8 Å². The molecule has 0 bridgehead atoms. The van der Waals surface area contributed by atoms with Gasteiger partial charge in [-0.1, -0.05) is 18.5 Å². The molecule has 0 spiro atoms. The molecule has 0 aliphatic heterocycles. The third kappa shape index (κ3) is 3.70. The lowest BCUT2D eigenvalue weighted by Gasteiger charge is -2.09. The molecule has 2 aromatic rings. The van der Waals surface area contributed by atoms with E-state index >= 15 is 0 Å². The number of aromatic nitrogens is 1. The molecule has 0 radical (unpaired) electrons. The fraction of sp³-hybridized carbons (Fsp3) is 0.200. The minimum Gasteiger partial charge on any atom is -0.373 e. The number of nitrogens with zero attached hydrogens (tertiary/aromatic N) is 1. The molecule has 1 amide bonds. The van der Waals surface area contributed by atoms with Gasteiger partial charge in [-0.15, -0.1) is 0 Å². The smallest absolute Gasteiger partial charge is 0.255 e. The summed E-state index contributed by atoms with van der Waals surface area (Å²) in [4.78, 5) is 16.5. The molecule has 1 aromatic carbocycles. The summed E-state index contributed by atoms with van der Waals surface area (Å²) in [6.07, 6.45) is 0.700. The zero-order chi connectivity index (χ0) is 15.4. The normalized spacial score (nSPS) is 10.3. The van der Waals surface area contributed by atoms with Crippen LogP contribution < -0.4 is 10.6 Å². The van der Waals surface area contributed by atoms with Gasteiger partial charge >= 0.3 is 0 Å². The second-order valence-corrected chi connectivity index (χ2v) is 4.85. The summed E-state index contributed by atoms with van der Waals surface area (Å²) in [6, 6.07) is 7.40. The molecule has 110 valence electrons. The summed E-state index contributed by atoms with van der Waals surface area (Å²) in [5, 5.41) is 5.70. The van der Waals surface area contributed by atoms with Crippen LogP contribution in [-0.2, 0) is 6.42 Å². The van der Waals surface area contributed by atoms with E-state index < -0.39 is 11.7 Å². The van der Waals surface area contributed by atoms with Crippen molar-refractivity contribution in [2.45, 2.75) is 13.3 Å². The van der Waals surface area contributed by atoms with Gasteiger partial charge in [0.2, 0.25) is 0 Å². The van der Waals surface area contributed by atoms with Gasteiger partial charge in [0, 0.05) is 23.3 Å². The molecule has 2 rings (SSSR count). The van der Waals surface area contributed by atoms with Crippen LogP contribution in [0.5, 0.6) is 0 Å². The van der Waals surface area contributed by atoms with Gasteiger partial charge in [0.15, 0.2) is 0 Å². The molecular weight excluding hydrogens is 293 g/mol. The second-order valence-electron chi connectivity index (χ2n) is 4.41. The maximum atomic E-state index is 13.7. The molecule has 0 saturated carbocycles. The van der Waals surface area contributed by atoms with Crippen molar-refractivity contribution in [1.82, 2.24) is 4.98 Å². The number of rotatable bonds is 4. The minimum atomic E-state index is -0.575. The highest BCUT2D eigenvalue weighted by atomic mass is 35.5. The Balaban J connectivity index is 2.27. The number of benzene rings is 1. The van der Waals surface area contributed by atoms with E-state index in [2.05, 4.69) is 15.6 Å². The highest BCUT2D eigenvalue weighted by molar-refractivity contribution is 6.30. The maximum Gasteiger partial charge on any atom is 0.255 e. The molecule has 0 fully saturated rings. The van der Waals surface area contributed by atoms with E-state index in [1.54, 1.807) is 19.2 Å². The minimum absolute atomic E-state index is 0.0882. The van der Waals surface area contributed by atoms with Gasteiger partial charge in [-0.2, -0.15) is 0 Å². The molecule has 4 nitrogen and oxygen atoms in total. The van der Waals surface area contributed by atoms with Crippen LogP contribution in [0.25, 0.3) is 0 Å². The Hall–Kier alpha value is -2.14. The van der Waals surface area contributed by atoms with Crippen LogP contribution in [0.1, 0.15) is 23.0 Å². The molecular formula is C15H15ClFN3O. The van der Waals surface area contributed by atoms with Crippen molar-refractivity contribution in [3.63, 3.8) is 0 Å². The number of hydrogen-bond acceptors (Lipinski definition) is 3. The molecule has 0 atom stereocenters. The summed E-state index contributed by atoms with van der Waals surface area (Å²) >= 11 is 5.68. The average Bonchev–Trinajstić information content (AvgIpc) is 2.49. The number of anilines is 2. The SMILES string of the molecule is CCc1cc(C(=O)Nc2ccc(Cl)cc2F)cc(NC)n1. The number of nitrogens with one attached hydrogen (secondary N) is 2. The van der Waals surface area contributed by atoms with Crippen LogP contribution in [-0.4, -0.2) is 17.9 Å². The van der Waals surface area contributed by atoms with Crippen LogP contribution in [0.4, 0.5) is 15.9 Å². The first-order chi connectivity index (χ1) is 10.0. The Bertz CT molecular complexity index is 654. The van der Waals surface area contributed by atoms with Crippen molar-refractivity contribution < 1.29 is 9.18 Å². The first kappa shape index (κ1) is 15.3. The van der Waals surface area contributed by atoms with Crippen molar-refractivity contribution >= 4 is 29.0 Å². The lowest BCUT2D eigenvalue weighted by atomic mass is 10.1. The summed E-state index contributed by atoms with van der Waals surface area (Å²) in [6.45, 7) is 1.95. The molecule has 0 unspecified atom stereocenters. The Morgan fingerprint density at radius 2 is 2.10 bits per heavy atom. The van der Waals surface area contributed by atoms with E-state index in [0.29, 0.717) is 17.8 Å². The molecule has 1 aromatic heterocycles.